The van der Waals surface area contributed by atoms with Crippen molar-refractivity contribution in [3.8, 4) is 0 Å². The van der Waals surface area contributed by atoms with Gasteiger partial charge in [-0.3, -0.25) is 4.79 Å². The highest BCUT2D eigenvalue weighted by atomic mass is 32.1. The summed E-state index contributed by atoms with van der Waals surface area (Å²) < 4.78 is 0. The van der Waals surface area contributed by atoms with Crippen molar-refractivity contribution in [3.05, 3.63) is 40.3 Å². The molecule has 5 heteroatoms. The third-order valence-corrected chi connectivity index (χ3v) is 3.73. The molecule has 0 fully saturated rings. The summed E-state index contributed by atoms with van der Waals surface area (Å²) in [6.45, 7) is 4.88. The molecule has 0 aliphatic rings. The molecule has 2 aromatic rings. The number of ketones is 1. The van der Waals surface area contributed by atoms with E-state index in [1.54, 1.807) is 0 Å². The first-order valence-corrected chi connectivity index (χ1v) is 7.05. The first-order valence-electron chi connectivity index (χ1n) is 6.23. The SMILES string of the molecule is CCCNc1nc(N)c(C(=O)c2ccc(C)cc2)s1. The maximum Gasteiger partial charge on any atom is 0.206 e. The molecule has 0 aliphatic heterocycles. The van der Waals surface area contributed by atoms with Crippen LogP contribution in [0.4, 0.5) is 10.9 Å². The van der Waals surface area contributed by atoms with Gasteiger partial charge in [0.05, 0.1) is 0 Å². The highest BCUT2D eigenvalue weighted by molar-refractivity contribution is 7.18. The number of hydrogen-bond donors (Lipinski definition) is 2. The summed E-state index contributed by atoms with van der Waals surface area (Å²) in [5.41, 5.74) is 7.59. The summed E-state index contributed by atoms with van der Waals surface area (Å²) in [6, 6.07) is 7.47. The number of carbonyl (C=O) groups excluding carboxylic acids is 1. The summed E-state index contributed by atoms with van der Waals surface area (Å²) >= 11 is 1.31. The van der Waals surface area contributed by atoms with Gasteiger partial charge >= 0.3 is 0 Å². The molecule has 0 amide bonds. The molecule has 0 unspecified atom stereocenters. The monoisotopic (exact) mass is 275 g/mol. The van der Waals surface area contributed by atoms with Crippen LogP contribution in [0.3, 0.4) is 0 Å². The fourth-order valence-electron chi connectivity index (χ4n) is 1.64. The molecule has 0 spiro atoms. The predicted molar refractivity (Wildman–Crippen MR) is 79.9 cm³/mol. The Labute approximate surface area is 116 Å². The summed E-state index contributed by atoms with van der Waals surface area (Å²) in [6.07, 6.45) is 1.00. The smallest absolute Gasteiger partial charge is 0.206 e. The van der Waals surface area contributed by atoms with Gasteiger partial charge in [0.2, 0.25) is 5.78 Å². The molecule has 2 rings (SSSR count). The molecule has 0 radical (unpaired) electrons. The van der Waals surface area contributed by atoms with Gasteiger partial charge < -0.3 is 11.1 Å². The van der Waals surface area contributed by atoms with E-state index in [-0.39, 0.29) is 5.78 Å². The number of thiazole rings is 1. The molecule has 0 bridgehead atoms. The summed E-state index contributed by atoms with van der Waals surface area (Å²) in [5, 5.41) is 3.85. The van der Waals surface area contributed by atoms with Crippen molar-refractivity contribution >= 4 is 28.1 Å². The minimum Gasteiger partial charge on any atom is -0.382 e. The van der Waals surface area contributed by atoms with E-state index in [0.717, 1.165) is 18.5 Å². The number of aryl methyl sites for hydroxylation is 1. The van der Waals surface area contributed by atoms with E-state index >= 15 is 0 Å². The molecule has 1 heterocycles. The topological polar surface area (TPSA) is 68.0 Å². The van der Waals surface area contributed by atoms with Gasteiger partial charge in [0.25, 0.3) is 0 Å². The van der Waals surface area contributed by atoms with Crippen LogP contribution in [0.5, 0.6) is 0 Å². The van der Waals surface area contributed by atoms with Gasteiger partial charge in [-0.1, -0.05) is 48.1 Å². The van der Waals surface area contributed by atoms with Gasteiger partial charge in [0.1, 0.15) is 10.7 Å². The second-order valence-corrected chi connectivity index (χ2v) is 5.35. The highest BCUT2D eigenvalue weighted by Crippen LogP contribution is 2.27. The van der Waals surface area contributed by atoms with Crippen molar-refractivity contribution in [1.29, 1.82) is 0 Å². The minimum atomic E-state index is -0.0699. The molecule has 19 heavy (non-hydrogen) atoms. The second kappa shape index (κ2) is 5.84. The second-order valence-electron chi connectivity index (χ2n) is 4.36. The van der Waals surface area contributed by atoms with E-state index in [2.05, 4.69) is 17.2 Å². The molecular formula is C14H17N3OS. The molecule has 3 N–H and O–H groups in total. The molecular weight excluding hydrogens is 258 g/mol. The number of benzene rings is 1. The quantitative estimate of drug-likeness (QED) is 0.823. The van der Waals surface area contributed by atoms with Crippen LogP contribution in [0.2, 0.25) is 0 Å². The summed E-state index contributed by atoms with van der Waals surface area (Å²) in [4.78, 5) is 17.0. The van der Waals surface area contributed by atoms with E-state index in [1.807, 2.05) is 31.2 Å². The largest absolute Gasteiger partial charge is 0.382 e. The number of rotatable bonds is 5. The molecule has 1 aromatic heterocycles. The average molecular weight is 275 g/mol. The third kappa shape index (κ3) is 3.12. The fraction of sp³-hybridized carbons (Fsp3) is 0.286. The molecule has 1 aromatic carbocycles. The zero-order valence-corrected chi connectivity index (χ0v) is 11.9. The summed E-state index contributed by atoms with van der Waals surface area (Å²) in [7, 11) is 0. The number of nitrogens with two attached hydrogens (primary N) is 1. The number of nitrogens with zero attached hydrogens (tertiary/aromatic N) is 1. The van der Waals surface area contributed by atoms with E-state index < -0.39 is 0 Å². The number of nitrogens with one attached hydrogen (secondary N) is 1. The number of hydrogen-bond acceptors (Lipinski definition) is 5. The van der Waals surface area contributed by atoms with E-state index in [1.165, 1.54) is 11.3 Å². The Bertz CT molecular complexity index is 575. The number of nitrogen functional groups attached to an aromatic ring is 1. The Hall–Kier alpha value is -1.88. The van der Waals surface area contributed by atoms with Crippen LogP contribution in [0.1, 0.15) is 34.1 Å². The maximum atomic E-state index is 12.3. The average Bonchev–Trinajstić information content (AvgIpc) is 2.77. The molecule has 0 saturated carbocycles. The van der Waals surface area contributed by atoms with Crippen molar-refractivity contribution in [2.24, 2.45) is 0 Å². The van der Waals surface area contributed by atoms with Crippen molar-refractivity contribution in [1.82, 2.24) is 4.98 Å². The Balaban J connectivity index is 2.23. The van der Waals surface area contributed by atoms with Gasteiger partial charge in [-0.05, 0) is 13.3 Å². The third-order valence-electron chi connectivity index (χ3n) is 2.70. The predicted octanol–water partition coefficient (Wildman–Crippen LogP) is 3.09. The zero-order valence-electron chi connectivity index (χ0n) is 11.1. The molecule has 0 saturated heterocycles. The maximum absolute atomic E-state index is 12.3. The van der Waals surface area contributed by atoms with Crippen LogP contribution in [-0.4, -0.2) is 17.3 Å². The molecule has 4 nitrogen and oxygen atoms in total. The van der Waals surface area contributed by atoms with Crippen LogP contribution in [-0.2, 0) is 0 Å². The lowest BCUT2D eigenvalue weighted by atomic mass is 10.1. The zero-order chi connectivity index (χ0) is 13.8. The lowest BCUT2D eigenvalue weighted by Gasteiger charge is -1.99. The minimum absolute atomic E-state index is 0.0699. The lowest BCUT2D eigenvalue weighted by Crippen LogP contribution is -2.02. The Morgan fingerprint density at radius 2 is 2.05 bits per heavy atom. The molecule has 0 atom stereocenters. The first-order chi connectivity index (χ1) is 9.11. The van der Waals surface area contributed by atoms with Crippen LogP contribution in [0.15, 0.2) is 24.3 Å². The van der Waals surface area contributed by atoms with Crippen molar-refractivity contribution < 1.29 is 4.79 Å². The Kier molecular flexibility index (Phi) is 4.16. The van der Waals surface area contributed by atoms with Crippen molar-refractivity contribution in [2.45, 2.75) is 20.3 Å². The number of anilines is 2. The highest BCUT2D eigenvalue weighted by Gasteiger charge is 2.17. The molecule has 0 aliphatic carbocycles. The van der Waals surface area contributed by atoms with E-state index in [9.17, 15) is 4.79 Å². The van der Waals surface area contributed by atoms with Gasteiger partial charge in [-0.2, -0.15) is 0 Å². The summed E-state index contributed by atoms with van der Waals surface area (Å²) in [5.74, 6) is 0.230. The van der Waals surface area contributed by atoms with Crippen LogP contribution in [0, 0.1) is 6.92 Å². The normalized spacial score (nSPS) is 10.4. The van der Waals surface area contributed by atoms with Crippen LogP contribution >= 0.6 is 11.3 Å². The number of aromatic nitrogens is 1. The number of carbonyl (C=O) groups is 1. The molecule has 100 valence electrons. The Morgan fingerprint density at radius 1 is 1.37 bits per heavy atom. The fourth-order valence-corrected chi connectivity index (χ4v) is 2.51. The van der Waals surface area contributed by atoms with Gasteiger partial charge in [-0.25, -0.2) is 4.98 Å². The Morgan fingerprint density at radius 3 is 2.68 bits per heavy atom. The van der Waals surface area contributed by atoms with E-state index in [4.69, 9.17) is 5.73 Å². The van der Waals surface area contributed by atoms with Crippen LogP contribution in [0.25, 0.3) is 0 Å². The van der Waals surface area contributed by atoms with Gasteiger partial charge in [0.15, 0.2) is 5.13 Å². The van der Waals surface area contributed by atoms with Crippen molar-refractivity contribution in [2.75, 3.05) is 17.6 Å². The van der Waals surface area contributed by atoms with Crippen molar-refractivity contribution in [3.63, 3.8) is 0 Å². The first kappa shape index (κ1) is 13.5. The van der Waals surface area contributed by atoms with Crippen LogP contribution < -0.4 is 11.1 Å². The van der Waals surface area contributed by atoms with E-state index in [0.29, 0.717) is 21.4 Å². The standard InChI is InChI=1S/C14H17N3OS/c1-3-8-16-14-17-13(15)12(19-14)11(18)10-6-4-9(2)5-7-10/h4-7H,3,8,15H2,1-2H3,(H,16,17). The van der Waals surface area contributed by atoms with Gasteiger partial charge in [-0.15, -0.1) is 0 Å². The lowest BCUT2D eigenvalue weighted by molar-refractivity contribution is 0.104. The van der Waals surface area contributed by atoms with Gasteiger partial charge in [0, 0.05) is 12.1 Å².